The first-order valence-corrected chi connectivity index (χ1v) is 5.73. The van der Waals surface area contributed by atoms with Crippen LogP contribution < -0.4 is 5.32 Å². The largest absolute Gasteiger partial charge is 0.463 e. The van der Waals surface area contributed by atoms with Gasteiger partial charge in [-0.25, -0.2) is 0 Å². The first-order chi connectivity index (χ1) is 7.28. The van der Waals surface area contributed by atoms with E-state index in [4.69, 9.17) is 9.47 Å². The summed E-state index contributed by atoms with van der Waals surface area (Å²) in [6.07, 6.45) is 0.811. The van der Waals surface area contributed by atoms with Crippen LogP contribution in [0.5, 0.6) is 0 Å². The molecule has 1 aliphatic heterocycles. The lowest BCUT2D eigenvalue weighted by molar-refractivity contribution is -0.151. The van der Waals surface area contributed by atoms with Gasteiger partial charge in [0.25, 0.3) is 0 Å². The zero-order chi connectivity index (χ0) is 12.4. The van der Waals surface area contributed by atoms with Crippen LogP contribution in [0.1, 0.15) is 34.1 Å². The molecule has 1 atom stereocenters. The Kier molecular flexibility index (Phi) is 3.97. The van der Waals surface area contributed by atoms with E-state index in [0.717, 1.165) is 6.42 Å². The molecule has 1 heterocycles. The van der Waals surface area contributed by atoms with E-state index in [1.165, 1.54) is 0 Å². The normalized spacial score (nSPS) is 26.7. The Morgan fingerprint density at radius 1 is 1.31 bits per heavy atom. The van der Waals surface area contributed by atoms with Crippen LogP contribution in [0.3, 0.4) is 0 Å². The van der Waals surface area contributed by atoms with E-state index in [0.29, 0.717) is 13.2 Å². The highest BCUT2D eigenvalue weighted by Gasteiger charge is 2.48. The first-order valence-electron chi connectivity index (χ1n) is 5.73. The third-order valence-electron chi connectivity index (χ3n) is 3.06. The summed E-state index contributed by atoms with van der Waals surface area (Å²) in [4.78, 5) is 11.9. The predicted octanol–water partition coefficient (Wildman–Crippen LogP) is 1.34. The Balaban J connectivity index is 2.56. The van der Waals surface area contributed by atoms with Crippen molar-refractivity contribution in [1.82, 2.24) is 5.32 Å². The molecule has 1 aliphatic rings. The zero-order valence-corrected chi connectivity index (χ0v) is 10.9. The van der Waals surface area contributed by atoms with E-state index in [2.05, 4.69) is 19.2 Å². The van der Waals surface area contributed by atoms with Crippen LogP contribution in [-0.2, 0) is 14.3 Å². The fourth-order valence-corrected chi connectivity index (χ4v) is 2.48. The molecule has 0 radical (unpaired) electrons. The SMILES string of the molecule is COCCOC(=O)C1CC(C)(C)NC1(C)C. The summed E-state index contributed by atoms with van der Waals surface area (Å²) in [7, 11) is 1.60. The van der Waals surface area contributed by atoms with E-state index < -0.39 is 0 Å². The molecular weight excluding hydrogens is 206 g/mol. The smallest absolute Gasteiger partial charge is 0.310 e. The summed E-state index contributed by atoms with van der Waals surface area (Å²) in [5.74, 6) is -0.209. The second-order valence-electron chi connectivity index (χ2n) is 5.65. The highest BCUT2D eigenvalue weighted by molar-refractivity contribution is 5.74. The van der Waals surface area contributed by atoms with Crippen LogP contribution >= 0.6 is 0 Å². The third kappa shape index (κ3) is 3.19. The molecule has 1 fully saturated rings. The highest BCUT2D eigenvalue weighted by Crippen LogP contribution is 2.36. The second-order valence-corrected chi connectivity index (χ2v) is 5.65. The van der Waals surface area contributed by atoms with Gasteiger partial charge in [-0.15, -0.1) is 0 Å². The fraction of sp³-hybridized carbons (Fsp3) is 0.917. The van der Waals surface area contributed by atoms with E-state index in [1.54, 1.807) is 7.11 Å². The Bertz CT molecular complexity index is 261. The van der Waals surface area contributed by atoms with Gasteiger partial charge in [-0.1, -0.05) is 0 Å². The Morgan fingerprint density at radius 3 is 2.38 bits per heavy atom. The molecule has 94 valence electrons. The Hall–Kier alpha value is -0.610. The minimum atomic E-state index is -0.201. The predicted molar refractivity (Wildman–Crippen MR) is 62.2 cm³/mol. The van der Waals surface area contributed by atoms with Gasteiger partial charge in [0.1, 0.15) is 6.61 Å². The third-order valence-corrected chi connectivity index (χ3v) is 3.06. The van der Waals surface area contributed by atoms with Gasteiger partial charge in [0, 0.05) is 18.2 Å². The topological polar surface area (TPSA) is 47.6 Å². The van der Waals surface area contributed by atoms with Crippen LogP contribution in [0.15, 0.2) is 0 Å². The molecule has 16 heavy (non-hydrogen) atoms. The monoisotopic (exact) mass is 229 g/mol. The quantitative estimate of drug-likeness (QED) is 0.584. The number of nitrogens with one attached hydrogen (secondary N) is 1. The molecule has 0 aromatic heterocycles. The molecule has 4 heteroatoms. The lowest BCUT2D eigenvalue weighted by Gasteiger charge is -2.27. The van der Waals surface area contributed by atoms with Gasteiger partial charge < -0.3 is 14.8 Å². The molecular formula is C12H23NO3. The van der Waals surface area contributed by atoms with E-state index in [9.17, 15) is 4.79 Å². The van der Waals surface area contributed by atoms with Crippen molar-refractivity contribution in [2.75, 3.05) is 20.3 Å². The summed E-state index contributed by atoms with van der Waals surface area (Å²) in [5.41, 5.74) is -0.206. The molecule has 0 aromatic rings. The van der Waals surface area contributed by atoms with E-state index in [1.807, 2.05) is 13.8 Å². The average molecular weight is 229 g/mol. The maximum absolute atomic E-state index is 11.9. The van der Waals surface area contributed by atoms with Gasteiger partial charge in [-0.05, 0) is 34.1 Å². The van der Waals surface area contributed by atoms with Crippen molar-refractivity contribution >= 4 is 5.97 Å². The first kappa shape index (κ1) is 13.5. The summed E-state index contributed by atoms with van der Waals surface area (Å²) in [6.45, 7) is 9.10. The average Bonchev–Trinajstić information content (AvgIpc) is 2.34. The number of ether oxygens (including phenoxy) is 2. The molecule has 4 nitrogen and oxygen atoms in total. The number of hydrogen-bond acceptors (Lipinski definition) is 4. The van der Waals surface area contributed by atoms with Crippen molar-refractivity contribution in [2.45, 2.75) is 45.2 Å². The molecule has 0 bridgehead atoms. The van der Waals surface area contributed by atoms with Crippen molar-refractivity contribution in [3.63, 3.8) is 0 Å². The lowest BCUT2D eigenvalue weighted by Crippen LogP contribution is -2.46. The van der Waals surface area contributed by atoms with Crippen molar-refractivity contribution in [3.8, 4) is 0 Å². The number of carbonyl (C=O) groups is 1. The van der Waals surface area contributed by atoms with Gasteiger partial charge in [-0.2, -0.15) is 0 Å². The summed E-state index contributed by atoms with van der Waals surface area (Å²) >= 11 is 0. The molecule has 1 N–H and O–H groups in total. The molecule has 0 spiro atoms. The van der Waals surface area contributed by atoms with Crippen LogP contribution in [0.25, 0.3) is 0 Å². The van der Waals surface area contributed by atoms with Gasteiger partial charge >= 0.3 is 5.97 Å². The van der Waals surface area contributed by atoms with Crippen molar-refractivity contribution < 1.29 is 14.3 Å². The van der Waals surface area contributed by atoms with Gasteiger partial charge in [0.05, 0.1) is 12.5 Å². The van der Waals surface area contributed by atoms with Crippen LogP contribution in [0.2, 0.25) is 0 Å². The van der Waals surface area contributed by atoms with Crippen LogP contribution in [0, 0.1) is 5.92 Å². The number of carbonyl (C=O) groups excluding carboxylic acids is 1. The molecule has 0 saturated carbocycles. The number of hydrogen-bond donors (Lipinski definition) is 1. The maximum Gasteiger partial charge on any atom is 0.310 e. The molecule has 1 unspecified atom stereocenters. The van der Waals surface area contributed by atoms with Crippen molar-refractivity contribution in [2.24, 2.45) is 5.92 Å². The van der Waals surface area contributed by atoms with Gasteiger partial charge in [-0.3, -0.25) is 4.79 Å². The molecule has 1 rings (SSSR count). The number of rotatable bonds is 4. The summed E-state index contributed by atoms with van der Waals surface area (Å²) in [6, 6.07) is 0. The van der Waals surface area contributed by atoms with Crippen molar-refractivity contribution in [3.05, 3.63) is 0 Å². The molecule has 1 saturated heterocycles. The molecule has 0 amide bonds. The number of esters is 1. The van der Waals surface area contributed by atoms with E-state index >= 15 is 0 Å². The Labute approximate surface area is 97.7 Å². The summed E-state index contributed by atoms with van der Waals surface area (Å²) < 4.78 is 10.0. The fourth-order valence-electron chi connectivity index (χ4n) is 2.48. The van der Waals surface area contributed by atoms with Gasteiger partial charge in [0.15, 0.2) is 0 Å². The van der Waals surface area contributed by atoms with Gasteiger partial charge in [0.2, 0.25) is 0 Å². The second kappa shape index (κ2) is 4.72. The molecule has 0 aromatic carbocycles. The van der Waals surface area contributed by atoms with E-state index in [-0.39, 0.29) is 23.0 Å². The van der Waals surface area contributed by atoms with Crippen molar-refractivity contribution in [1.29, 1.82) is 0 Å². The van der Waals surface area contributed by atoms with Crippen LogP contribution in [0.4, 0.5) is 0 Å². The number of methoxy groups -OCH3 is 1. The minimum Gasteiger partial charge on any atom is -0.463 e. The van der Waals surface area contributed by atoms with Crippen LogP contribution in [-0.4, -0.2) is 37.4 Å². The zero-order valence-electron chi connectivity index (χ0n) is 10.9. The standard InChI is InChI=1S/C12H23NO3/c1-11(2)8-9(12(3,4)13-11)10(14)16-7-6-15-5/h9,13H,6-8H2,1-5H3. The summed E-state index contributed by atoms with van der Waals surface area (Å²) in [5, 5.41) is 3.46. The highest BCUT2D eigenvalue weighted by atomic mass is 16.6. The minimum absolute atomic E-state index is 0.00551. The maximum atomic E-state index is 11.9. The Morgan fingerprint density at radius 2 is 1.94 bits per heavy atom. The lowest BCUT2D eigenvalue weighted by atomic mass is 9.87. The molecule has 0 aliphatic carbocycles.